The molecule has 1 N–H and O–H groups in total. The highest BCUT2D eigenvalue weighted by atomic mass is 35.5. The Morgan fingerprint density at radius 2 is 2.17 bits per heavy atom. The van der Waals surface area contributed by atoms with Gasteiger partial charge in [0.2, 0.25) is 0 Å². The molecule has 1 fully saturated rings. The topological polar surface area (TPSA) is 58.1 Å². The van der Waals surface area contributed by atoms with Gasteiger partial charge in [-0.05, 0) is 38.9 Å². The van der Waals surface area contributed by atoms with Crippen LogP contribution in [0.3, 0.4) is 0 Å². The van der Waals surface area contributed by atoms with Crippen molar-refractivity contribution in [1.29, 1.82) is 0 Å². The Balaban J connectivity index is 1.68. The van der Waals surface area contributed by atoms with E-state index >= 15 is 0 Å². The van der Waals surface area contributed by atoms with Crippen LogP contribution in [-0.2, 0) is 0 Å². The molecule has 1 aromatic rings. The number of carbonyl (C=O) groups excluding carboxylic acids is 1. The number of halogens is 1. The molecule has 0 aromatic carbocycles. The highest BCUT2D eigenvalue weighted by Crippen LogP contribution is 2.07. The molecule has 0 unspecified atom stereocenters. The van der Waals surface area contributed by atoms with Gasteiger partial charge in [0.25, 0.3) is 5.91 Å². The van der Waals surface area contributed by atoms with E-state index in [9.17, 15) is 4.79 Å². The van der Waals surface area contributed by atoms with Gasteiger partial charge in [0.15, 0.2) is 0 Å². The summed E-state index contributed by atoms with van der Waals surface area (Å²) >= 11 is 5.68. The van der Waals surface area contributed by atoms with Crippen LogP contribution in [0.5, 0.6) is 0 Å². The molecule has 1 aromatic heterocycles. The smallest absolute Gasteiger partial charge is 0.271 e. The fourth-order valence-corrected chi connectivity index (χ4v) is 2.20. The number of likely N-dealkylation sites (tertiary alicyclic amines) is 1. The summed E-state index contributed by atoms with van der Waals surface area (Å²) in [5.41, 5.74) is 0.267. The Hall–Kier alpha value is -1.20. The highest BCUT2D eigenvalue weighted by molar-refractivity contribution is 6.29. The summed E-state index contributed by atoms with van der Waals surface area (Å²) in [5.74, 6) is -0.216. The molecule has 2 heterocycles. The van der Waals surface area contributed by atoms with Crippen LogP contribution in [0.4, 0.5) is 0 Å². The van der Waals surface area contributed by atoms with Gasteiger partial charge in [-0.25, -0.2) is 4.98 Å². The SMILES string of the molecule is O=C(NCCCN1CCCC1)c1cncc(Cl)n1. The van der Waals surface area contributed by atoms with E-state index in [1.807, 2.05) is 0 Å². The normalized spacial score (nSPS) is 15.8. The van der Waals surface area contributed by atoms with Crippen molar-refractivity contribution in [3.63, 3.8) is 0 Å². The Morgan fingerprint density at radius 1 is 1.39 bits per heavy atom. The summed E-state index contributed by atoms with van der Waals surface area (Å²) < 4.78 is 0. The number of hydrogen-bond donors (Lipinski definition) is 1. The Labute approximate surface area is 112 Å². The van der Waals surface area contributed by atoms with E-state index in [1.54, 1.807) is 0 Å². The first-order valence-electron chi connectivity index (χ1n) is 6.24. The molecule has 0 bridgehead atoms. The lowest BCUT2D eigenvalue weighted by molar-refractivity contribution is 0.0946. The zero-order valence-electron chi connectivity index (χ0n) is 10.2. The van der Waals surface area contributed by atoms with Crippen LogP contribution in [0.15, 0.2) is 12.4 Å². The molecule has 1 aliphatic heterocycles. The van der Waals surface area contributed by atoms with Crippen LogP contribution in [0.25, 0.3) is 0 Å². The molecule has 1 amide bonds. The van der Waals surface area contributed by atoms with Crippen LogP contribution < -0.4 is 5.32 Å². The fraction of sp³-hybridized carbons (Fsp3) is 0.583. The van der Waals surface area contributed by atoms with Crippen molar-refractivity contribution in [3.8, 4) is 0 Å². The second-order valence-corrected chi connectivity index (χ2v) is 4.77. The number of aromatic nitrogens is 2. The first-order valence-corrected chi connectivity index (χ1v) is 6.61. The maximum Gasteiger partial charge on any atom is 0.271 e. The molecule has 18 heavy (non-hydrogen) atoms. The predicted molar refractivity (Wildman–Crippen MR) is 69.7 cm³/mol. The predicted octanol–water partition coefficient (Wildman–Crippen LogP) is 1.35. The van der Waals surface area contributed by atoms with Crippen LogP contribution in [-0.4, -0.2) is 47.0 Å². The monoisotopic (exact) mass is 268 g/mol. The first kappa shape index (κ1) is 13.2. The average Bonchev–Trinajstić information content (AvgIpc) is 2.87. The Morgan fingerprint density at radius 3 is 2.89 bits per heavy atom. The number of amides is 1. The van der Waals surface area contributed by atoms with Crippen molar-refractivity contribution < 1.29 is 4.79 Å². The van der Waals surface area contributed by atoms with Gasteiger partial charge in [0.05, 0.1) is 12.4 Å². The molecule has 0 radical (unpaired) electrons. The molecule has 5 nitrogen and oxygen atoms in total. The van der Waals surface area contributed by atoms with Gasteiger partial charge in [-0.2, -0.15) is 0 Å². The standard InChI is InChI=1S/C12H17ClN4O/c13-11-9-14-8-10(16-11)12(18)15-4-3-7-17-5-1-2-6-17/h8-9H,1-7H2,(H,15,18). The van der Waals surface area contributed by atoms with Crippen molar-refractivity contribution in [2.75, 3.05) is 26.2 Å². The summed E-state index contributed by atoms with van der Waals surface area (Å²) in [6.07, 6.45) is 6.38. The number of nitrogens with one attached hydrogen (secondary N) is 1. The van der Waals surface area contributed by atoms with E-state index in [0.29, 0.717) is 6.54 Å². The third-order valence-electron chi connectivity index (χ3n) is 2.97. The van der Waals surface area contributed by atoms with Gasteiger partial charge in [-0.15, -0.1) is 0 Å². The average molecular weight is 269 g/mol. The Kier molecular flexibility index (Phi) is 4.90. The van der Waals surface area contributed by atoms with Crippen LogP contribution in [0.1, 0.15) is 29.8 Å². The van der Waals surface area contributed by atoms with Crippen molar-refractivity contribution >= 4 is 17.5 Å². The van der Waals surface area contributed by atoms with Gasteiger partial charge in [0.1, 0.15) is 10.8 Å². The maximum absolute atomic E-state index is 11.7. The van der Waals surface area contributed by atoms with Gasteiger partial charge < -0.3 is 10.2 Å². The third-order valence-corrected chi connectivity index (χ3v) is 3.16. The van der Waals surface area contributed by atoms with Gasteiger partial charge in [0, 0.05) is 6.54 Å². The van der Waals surface area contributed by atoms with Crippen molar-refractivity contribution in [2.24, 2.45) is 0 Å². The van der Waals surface area contributed by atoms with Crippen molar-refractivity contribution in [3.05, 3.63) is 23.2 Å². The lowest BCUT2D eigenvalue weighted by Crippen LogP contribution is -2.29. The minimum atomic E-state index is -0.216. The molecule has 0 aliphatic carbocycles. The molecule has 0 spiro atoms. The lowest BCUT2D eigenvalue weighted by atomic mass is 10.3. The van der Waals surface area contributed by atoms with Crippen molar-refractivity contribution in [2.45, 2.75) is 19.3 Å². The summed E-state index contributed by atoms with van der Waals surface area (Å²) in [6.45, 7) is 4.08. The zero-order chi connectivity index (χ0) is 12.8. The third kappa shape index (κ3) is 3.92. The van der Waals surface area contributed by atoms with E-state index in [4.69, 9.17) is 11.6 Å². The molecular weight excluding hydrogens is 252 g/mol. The molecule has 0 atom stereocenters. The quantitative estimate of drug-likeness (QED) is 0.819. The molecule has 2 rings (SSSR count). The number of rotatable bonds is 5. The molecular formula is C12H17ClN4O. The van der Waals surface area contributed by atoms with Gasteiger partial charge in [-0.1, -0.05) is 11.6 Å². The van der Waals surface area contributed by atoms with E-state index in [-0.39, 0.29) is 16.8 Å². The van der Waals surface area contributed by atoms with Gasteiger partial charge >= 0.3 is 0 Å². The summed E-state index contributed by atoms with van der Waals surface area (Å²) in [4.78, 5) is 21.9. The second kappa shape index (κ2) is 6.66. The summed E-state index contributed by atoms with van der Waals surface area (Å²) in [6, 6.07) is 0. The van der Waals surface area contributed by atoms with Crippen LogP contribution in [0, 0.1) is 0 Å². The number of nitrogens with zero attached hydrogens (tertiary/aromatic N) is 3. The van der Waals surface area contributed by atoms with Crippen LogP contribution in [0.2, 0.25) is 5.15 Å². The molecule has 6 heteroatoms. The summed E-state index contributed by atoms with van der Waals surface area (Å²) in [7, 11) is 0. The summed E-state index contributed by atoms with van der Waals surface area (Å²) in [5, 5.41) is 3.06. The van der Waals surface area contributed by atoms with Crippen molar-refractivity contribution in [1.82, 2.24) is 20.2 Å². The number of carbonyl (C=O) groups is 1. The zero-order valence-corrected chi connectivity index (χ0v) is 11.0. The fourth-order valence-electron chi connectivity index (χ4n) is 2.05. The number of hydrogen-bond acceptors (Lipinski definition) is 4. The van der Waals surface area contributed by atoms with Crippen LogP contribution >= 0.6 is 11.6 Å². The first-order chi connectivity index (χ1) is 8.75. The minimum absolute atomic E-state index is 0.216. The largest absolute Gasteiger partial charge is 0.351 e. The maximum atomic E-state index is 11.7. The van der Waals surface area contributed by atoms with E-state index in [1.165, 1.54) is 38.3 Å². The Bertz CT molecular complexity index is 407. The highest BCUT2D eigenvalue weighted by Gasteiger charge is 2.11. The second-order valence-electron chi connectivity index (χ2n) is 4.39. The molecule has 1 saturated heterocycles. The van der Waals surface area contributed by atoms with E-state index < -0.39 is 0 Å². The molecule has 98 valence electrons. The van der Waals surface area contributed by atoms with Gasteiger partial charge in [-0.3, -0.25) is 9.78 Å². The van der Waals surface area contributed by atoms with E-state index in [0.717, 1.165) is 13.0 Å². The van der Waals surface area contributed by atoms with E-state index in [2.05, 4.69) is 20.2 Å². The molecule has 1 aliphatic rings. The minimum Gasteiger partial charge on any atom is -0.351 e. The lowest BCUT2D eigenvalue weighted by Gasteiger charge is -2.14. The molecule has 0 saturated carbocycles.